The molecule has 1 heterocycles. The van der Waals surface area contributed by atoms with Crippen LogP contribution in [-0.4, -0.2) is 42.3 Å². The molecule has 0 aromatic heterocycles. The summed E-state index contributed by atoms with van der Waals surface area (Å²) in [4.78, 5) is 13.1. The molecule has 0 radical (unpaired) electrons. The maximum Gasteiger partial charge on any atom is 0.317 e. The highest BCUT2D eigenvalue weighted by Crippen LogP contribution is 2.28. The van der Waals surface area contributed by atoms with Gasteiger partial charge in [0.25, 0.3) is 0 Å². The van der Waals surface area contributed by atoms with Gasteiger partial charge in [-0.25, -0.2) is 4.79 Å². The highest BCUT2D eigenvalue weighted by molar-refractivity contribution is 9.10. The molecule has 1 atom stereocenters. The first-order valence-electron chi connectivity index (χ1n) is 6.21. The molecule has 1 aromatic rings. The molecule has 1 aliphatic heterocycles. The highest BCUT2D eigenvalue weighted by Gasteiger charge is 2.19. The number of hydrogen-bond donors (Lipinski definition) is 2. The Morgan fingerprint density at radius 3 is 3.00 bits per heavy atom. The first kappa shape index (κ1) is 14.1. The number of nitrogens with one attached hydrogen (secondary N) is 1. The van der Waals surface area contributed by atoms with E-state index in [0.717, 1.165) is 10.0 Å². The number of rotatable bonds is 5. The fourth-order valence-electron chi connectivity index (χ4n) is 1.97. The molecule has 0 aliphatic carbocycles. The first-order valence-corrected chi connectivity index (χ1v) is 7.00. The van der Waals surface area contributed by atoms with E-state index in [4.69, 9.17) is 4.74 Å². The molecule has 0 bridgehead atoms. The average Bonchev–Trinajstić information content (AvgIpc) is 2.75. The molecule has 0 unspecified atom stereocenters. The molecule has 1 aliphatic rings. The lowest BCUT2D eigenvalue weighted by Crippen LogP contribution is -2.31. The van der Waals surface area contributed by atoms with E-state index in [1.807, 2.05) is 18.2 Å². The minimum Gasteiger partial charge on any atom is -0.491 e. The number of ether oxygens (including phenoxy) is 1. The number of nitrogens with zero attached hydrogens (tertiary/aromatic N) is 1. The summed E-state index contributed by atoms with van der Waals surface area (Å²) in [5.41, 5.74) is 0.745. The van der Waals surface area contributed by atoms with E-state index >= 15 is 0 Å². The highest BCUT2D eigenvalue weighted by atomic mass is 79.9. The van der Waals surface area contributed by atoms with Crippen molar-refractivity contribution in [3.05, 3.63) is 28.2 Å². The topological polar surface area (TPSA) is 61.8 Å². The number of urea groups is 1. The van der Waals surface area contributed by atoms with E-state index in [1.54, 1.807) is 11.8 Å². The van der Waals surface area contributed by atoms with Crippen molar-refractivity contribution in [2.75, 3.05) is 26.2 Å². The molecule has 0 saturated carbocycles. The van der Waals surface area contributed by atoms with Crippen LogP contribution in [0.3, 0.4) is 0 Å². The smallest absolute Gasteiger partial charge is 0.317 e. The number of halogens is 1. The van der Waals surface area contributed by atoms with Crippen LogP contribution in [0.2, 0.25) is 0 Å². The third kappa shape index (κ3) is 3.61. The zero-order chi connectivity index (χ0) is 13.8. The van der Waals surface area contributed by atoms with E-state index in [2.05, 4.69) is 21.2 Å². The minimum absolute atomic E-state index is 0.0476. The predicted molar refractivity (Wildman–Crippen MR) is 75.2 cm³/mol. The summed E-state index contributed by atoms with van der Waals surface area (Å²) in [6, 6.07) is 5.47. The molecule has 2 N–H and O–H groups in total. The molecule has 5 nitrogen and oxygen atoms in total. The number of aliphatic hydroxyl groups is 1. The van der Waals surface area contributed by atoms with Crippen molar-refractivity contribution < 1.29 is 14.6 Å². The van der Waals surface area contributed by atoms with Gasteiger partial charge in [-0.1, -0.05) is 22.0 Å². The third-order valence-electron chi connectivity index (χ3n) is 2.99. The Balaban J connectivity index is 1.95. The number of carbonyl (C=O) groups excluding carboxylic acids is 1. The second kappa shape index (κ2) is 6.25. The fraction of sp³-hybridized carbons (Fsp3) is 0.462. The van der Waals surface area contributed by atoms with Crippen LogP contribution >= 0.6 is 15.9 Å². The number of amides is 2. The van der Waals surface area contributed by atoms with Crippen molar-refractivity contribution in [3.63, 3.8) is 0 Å². The van der Waals surface area contributed by atoms with Gasteiger partial charge < -0.3 is 20.1 Å². The molecular weight excluding hydrogens is 312 g/mol. The SMILES string of the molecule is C[C@H](O)c1ccc(Br)cc1OCCN1CCNC1=O. The number of aliphatic hydroxyl groups excluding tert-OH is 1. The monoisotopic (exact) mass is 328 g/mol. The third-order valence-corrected chi connectivity index (χ3v) is 3.48. The zero-order valence-corrected chi connectivity index (χ0v) is 12.3. The Bertz CT molecular complexity index is 465. The van der Waals surface area contributed by atoms with Crippen LogP contribution in [0, 0.1) is 0 Å². The molecule has 1 aromatic carbocycles. The summed E-state index contributed by atoms with van der Waals surface area (Å²) in [5, 5.41) is 12.4. The number of carbonyl (C=O) groups is 1. The maximum atomic E-state index is 11.4. The molecule has 104 valence electrons. The predicted octanol–water partition coefficient (Wildman–Crippen LogP) is 1.91. The van der Waals surface area contributed by atoms with Crippen molar-refractivity contribution in [2.24, 2.45) is 0 Å². The molecule has 1 fully saturated rings. The Labute approximate surface area is 120 Å². The van der Waals surface area contributed by atoms with Gasteiger partial charge in [0.2, 0.25) is 0 Å². The van der Waals surface area contributed by atoms with Crippen LogP contribution in [0.25, 0.3) is 0 Å². The van der Waals surface area contributed by atoms with Crippen molar-refractivity contribution in [3.8, 4) is 5.75 Å². The van der Waals surface area contributed by atoms with Crippen molar-refractivity contribution in [2.45, 2.75) is 13.0 Å². The molecular formula is C13H17BrN2O3. The second-order valence-corrected chi connectivity index (χ2v) is 5.34. The van der Waals surface area contributed by atoms with E-state index in [-0.39, 0.29) is 6.03 Å². The quantitative estimate of drug-likeness (QED) is 0.867. The van der Waals surface area contributed by atoms with Crippen LogP contribution in [0.15, 0.2) is 22.7 Å². The van der Waals surface area contributed by atoms with E-state index in [0.29, 0.717) is 32.0 Å². The molecule has 1 saturated heterocycles. The van der Waals surface area contributed by atoms with Crippen molar-refractivity contribution >= 4 is 22.0 Å². The van der Waals surface area contributed by atoms with Gasteiger partial charge in [-0.05, 0) is 19.1 Å². The van der Waals surface area contributed by atoms with E-state index < -0.39 is 6.10 Å². The lowest BCUT2D eigenvalue weighted by molar-refractivity contribution is 0.184. The van der Waals surface area contributed by atoms with Crippen LogP contribution in [-0.2, 0) is 0 Å². The summed E-state index contributed by atoms with van der Waals surface area (Å²) in [7, 11) is 0. The molecule has 6 heteroatoms. The zero-order valence-electron chi connectivity index (χ0n) is 10.7. The van der Waals surface area contributed by atoms with Gasteiger partial charge in [-0.2, -0.15) is 0 Å². The lowest BCUT2D eigenvalue weighted by Gasteiger charge is -2.17. The number of hydrogen-bond acceptors (Lipinski definition) is 3. The van der Waals surface area contributed by atoms with Gasteiger partial charge in [0.1, 0.15) is 12.4 Å². The standard InChI is InChI=1S/C13H17BrN2O3/c1-9(17)11-3-2-10(14)8-12(11)19-7-6-16-5-4-15-13(16)18/h2-3,8-9,17H,4-7H2,1H3,(H,15,18)/t9-/m0/s1. The Hall–Kier alpha value is -1.27. The van der Waals surface area contributed by atoms with Gasteiger partial charge in [-0.3, -0.25) is 0 Å². The van der Waals surface area contributed by atoms with Gasteiger partial charge in [0.15, 0.2) is 0 Å². The summed E-state index contributed by atoms with van der Waals surface area (Å²) < 4.78 is 6.57. The summed E-state index contributed by atoms with van der Waals surface area (Å²) in [6.45, 7) is 4.05. The summed E-state index contributed by atoms with van der Waals surface area (Å²) in [6.07, 6.45) is -0.585. The fourth-order valence-corrected chi connectivity index (χ4v) is 2.31. The van der Waals surface area contributed by atoms with Crippen molar-refractivity contribution in [1.82, 2.24) is 10.2 Å². The Morgan fingerprint density at radius 1 is 1.58 bits per heavy atom. The summed E-state index contributed by atoms with van der Waals surface area (Å²) in [5.74, 6) is 0.643. The first-order chi connectivity index (χ1) is 9.08. The normalized spacial score (nSPS) is 16.4. The second-order valence-electron chi connectivity index (χ2n) is 4.43. The van der Waals surface area contributed by atoms with Gasteiger partial charge >= 0.3 is 6.03 Å². The van der Waals surface area contributed by atoms with Crippen LogP contribution in [0.4, 0.5) is 4.79 Å². The van der Waals surface area contributed by atoms with E-state index in [9.17, 15) is 9.90 Å². The lowest BCUT2D eigenvalue weighted by atomic mass is 10.1. The van der Waals surface area contributed by atoms with Crippen LogP contribution in [0.1, 0.15) is 18.6 Å². The maximum absolute atomic E-state index is 11.4. The van der Waals surface area contributed by atoms with Gasteiger partial charge in [0, 0.05) is 23.1 Å². The summed E-state index contributed by atoms with van der Waals surface area (Å²) >= 11 is 3.38. The van der Waals surface area contributed by atoms with Crippen LogP contribution in [0.5, 0.6) is 5.75 Å². The van der Waals surface area contributed by atoms with Gasteiger partial charge in [-0.15, -0.1) is 0 Å². The molecule has 0 spiro atoms. The number of benzene rings is 1. The minimum atomic E-state index is -0.585. The average molecular weight is 329 g/mol. The van der Waals surface area contributed by atoms with E-state index in [1.165, 1.54) is 0 Å². The Morgan fingerprint density at radius 2 is 2.37 bits per heavy atom. The Kier molecular flexibility index (Phi) is 4.66. The molecule has 19 heavy (non-hydrogen) atoms. The van der Waals surface area contributed by atoms with Gasteiger partial charge in [0.05, 0.1) is 12.6 Å². The van der Waals surface area contributed by atoms with Crippen LogP contribution < -0.4 is 10.1 Å². The van der Waals surface area contributed by atoms with Crippen molar-refractivity contribution in [1.29, 1.82) is 0 Å². The molecule has 2 amide bonds. The largest absolute Gasteiger partial charge is 0.491 e. The molecule has 2 rings (SSSR count).